The maximum absolute atomic E-state index is 11.3. The smallest absolute Gasteiger partial charge is 0.320 e. The van der Waals surface area contributed by atoms with Crippen LogP contribution in [0, 0.1) is 0 Å². The van der Waals surface area contributed by atoms with E-state index in [1.807, 2.05) is 20.8 Å². The molecule has 0 radical (unpaired) electrons. The van der Waals surface area contributed by atoms with Crippen molar-refractivity contribution in [2.24, 2.45) is 5.73 Å². The molecule has 0 aliphatic heterocycles. The predicted octanol–water partition coefficient (Wildman–Crippen LogP) is 0.579. The van der Waals surface area contributed by atoms with E-state index in [4.69, 9.17) is 10.3 Å². The number of primary amides is 1. The SMILES string of the molecule is CC(C)(C)c1cc(NC(=O)NCC(N)=O)no1. The molecule has 0 spiro atoms. The van der Waals surface area contributed by atoms with Gasteiger partial charge in [0, 0.05) is 11.5 Å². The number of hydrogen-bond acceptors (Lipinski definition) is 4. The van der Waals surface area contributed by atoms with Crippen LogP contribution in [0.2, 0.25) is 0 Å². The van der Waals surface area contributed by atoms with Gasteiger partial charge in [0.25, 0.3) is 0 Å². The highest BCUT2D eigenvalue weighted by atomic mass is 16.5. The van der Waals surface area contributed by atoms with Crippen molar-refractivity contribution in [1.29, 1.82) is 0 Å². The van der Waals surface area contributed by atoms with Crippen molar-refractivity contribution in [3.8, 4) is 0 Å². The highest BCUT2D eigenvalue weighted by Gasteiger charge is 2.20. The van der Waals surface area contributed by atoms with Crippen LogP contribution in [0.15, 0.2) is 10.6 Å². The van der Waals surface area contributed by atoms with Crippen molar-refractivity contribution in [3.63, 3.8) is 0 Å². The number of nitrogens with two attached hydrogens (primary N) is 1. The topological polar surface area (TPSA) is 110 Å². The summed E-state index contributed by atoms with van der Waals surface area (Å²) in [5.41, 5.74) is 4.70. The zero-order chi connectivity index (χ0) is 13.1. The fourth-order valence-electron chi connectivity index (χ4n) is 1.02. The standard InChI is InChI=1S/C10H16N4O3/c1-10(2,3)6-4-8(14-17-6)13-9(16)12-5-7(11)15/h4H,5H2,1-3H3,(H2,11,15)(H2,12,13,14,16). The van der Waals surface area contributed by atoms with Crippen molar-refractivity contribution in [2.45, 2.75) is 26.2 Å². The van der Waals surface area contributed by atoms with Crippen LogP contribution in [0.25, 0.3) is 0 Å². The number of urea groups is 1. The van der Waals surface area contributed by atoms with E-state index in [1.54, 1.807) is 6.07 Å². The number of rotatable bonds is 3. The first-order valence-corrected chi connectivity index (χ1v) is 5.09. The Kier molecular flexibility index (Phi) is 3.72. The molecule has 3 amide bonds. The fraction of sp³-hybridized carbons (Fsp3) is 0.500. The quantitative estimate of drug-likeness (QED) is 0.717. The van der Waals surface area contributed by atoms with Crippen molar-refractivity contribution in [1.82, 2.24) is 10.5 Å². The van der Waals surface area contributed by atoms with Crippen LogP contribution < -0.4 is 16.4 Å². The summed E-state index contributed by atoms with van der Waals surface area (Å²) < 4.78 is 5.07. The molecule has 1 heterocycles. The summed E-state index contributed by atoms with van der Waals surface area (Å²) in [6, 6.07) is 1.07. The second-order valence-corrected chi connectivity index (χ2v) is 4.60. The summed E-state index contributed by atoms with van der Waals surface area (Å²) in [4.78, 5) is 21.7. The first-order valence-electron chi connectivity index (χ1n) is 5.09. The average Bonchev–Trinajstić information content (AvgIpc) is 2.62. The molecule has 0 atom stereocenters. The summed E-state index contributed by atoms with van der Waals surface area (Å²) >= 11 is 0. The van der Waals surface area contributed by atoms with Gasteiger partial charge < -0.3 is 15.6 Å². The molecule has 0 aliphatic rings. The molecule has 0 saturated carbocycles. The van der Waals surface area contributed by atoms with E-state index in [9.17, 15) is 9.59 Å². The van der Waals surface area contributed by atoms with Crippen molar-refractivity contribution >= 4 is 17.8 Å². The molecule has 7 nitrogen and oxygen atoms in total. The number of nitrogens with one attached hydrogen (secondary N) is 2. The molecule has 17 heavy (non-hydrogen) atoms. The van der Waals surface area contributed by atoms with E-state index in [-0.39, 0.29) is 17.8 Å². The minimum Gasteiger partial charge on any atom is -0.368 e. The highest BCUT2D eigenvalue weighted by molar-refractivity contribution is 5.91. The molecule has 94 valence electrons. The van der Waals surface area contributed by atoms with Crippen LogP contribution in [-0.2, 0) is 10.2 Å². The zero-order valence-corrected chi connectivity index (χ0v) is 10.0. The van der Waals surface area contributed by atoms with E-state index < -0.39 is 11.9 Å². The van der Waals surface area contributed by atoms with Gasteiger partial charge in [0.15, 0.2) is 5.82 Å². The monoisotopic (exact) mass is 240 g/mol. The van der Waals surface area contributed by atoms with E-state index in [1.165, 1.54) is 0 Å². The molecule has 0 saturated heterocycles. The van der Waals surface area contributed by atoms with Gasteiger partial charge in [-0.15, -0.1) is 0 Å². The third-order valence-electron chi connectivity index (χ3n) is 1.91. The van der Waals surface area contributed by atoms with Crippen LogP contribution in [0.3, 0.4) is 0 Å². The number of carbonyl (C=O) groups is 2. The van der Waals surface area contributed by atoms with E-state index >= 15 is 0 Å². The Bertz CT molecular complexity index is 419. The lowest BCUT2D eigenvalue weighted by Gasteiger charge is -2.12. The Morgan fingerprint density at radius 3 is 2.59 bits per heavy atom. The zero-order valence-electron chi connectivity index (χ0n) is 10.0. The molecule has 0 aromatic carbocycles. The van der Waals surface area contributed by atoms with Gasteiger partial charge in [-0.05, 0) is 0 Å². The Morgan fingerprint density at radius 1 is 1.47 bits per heavy atom. The minimum atomic E-state index is -0.615. The van der Waals surface area contributed by atoms with Crippen molar-refractivity contribution in [2.75, 3.05) is 11.9 Å². The van der Waals surface area contributed by atoms with Crippen LogP contribution >= 0.6 is 0 Å². The Labute approximate surface area is 98.7 Å². The summed E-state index contributed by atoms with van der Waals surface area (Å²) in [6.45, 7) is 5.66. The van der Waals surface area contributed by atoms with Crippen LogP contribution in [-0.4, -0.2) is 23.6 Å². The second kappa shape index (κ2) is 4.86. The second-order valence-electron chi connectivity index (χ2n) is 4.60. The molecule has 7 heteroatoms. The number of anilines is 1. The average molecular weight is 240 g/mol. The Balaban J connectivity index is 2.55. The summed E-state index contributed by atoms with van der Waals surface area (Å²) in [5.74, 6) is 0.329. The largest absolute Gasteiger partial charge is 0.368 e. The molecule has 1 rings (SSSR count). The van der Waals surface area contributed by atoms with Crippen LogP contribution in [0.1, 0.15) is 26.5 Å². The lowest BCUT2D eigenvalue weighted by molar-refractivity contribution is -0.117. The Morgan fingerprint density at radius 2 is 2.12 bits per heavy atom. The normalized spacial score (nSPS) is 11.0. The Hall–Kier alpha value is -2.05. The van der Waals surface area contributed by atoms with Gasteiger partial charge >= 0.3 is 6.03 Å². The first kappa shape index (κ1) is 13.0. The molecular formula is C10H16N4O3. The van der Waals surface area contributed by atoms with Gasteiger partial charge in [-0.3, -0.25) is 10.1 Å². The van der Waals surface area contributed by atoms with Gasteiger partial charge in [-0.25, -0.2) is 4.79 Å². The number of hydrogen-bond donors (Lipinski definition) is 3. The van der Waals surface area contributed by atoms with Gasteiger partial charge in [-0.1, -0.05) is 25.9 Å². The van der Waals surface area contributed by atoms with Crippen molar-refractivity contribution in [3.05, 3.63) is 11.8 Å². The number of aromatic nitrogens is 1. The maximum atomic E-state index is 11.3. The summed E-state index contributed by atoms with van der Waals surface area (Å²) in [5, 5.41) is 8.39. The van der Waals surface area contributed by atoms with Gasteiger partial charge in [0.1, 0.15) is 5.76 Å². The molecule has 0 aliphatic carbocycles. The molecule has 1 aromatic heterocycles. The third kappa shape index (κ3) is 4.13. The molecule has 0 fully saturated rings. The van der Waals surface area contributed by atoms with Crippen molar-refractivity contribution < 1.29 is 14.1 Å². The molecule has 0 unspecified atom stereocenters. The fourth-order valence-corrected chi connectivity index (χ4v) is 1.02. The molecular weight excluding hydrogens is 224 g/mol. The maximum Gasteiger partial charge on any atom is 0.320 e. The third-order valence-corrected chi connectivity index (χ3v) is 1.91. The van der Waals surface area contributed by atoms with E-state index in [0.29, 0.717) is 5.76 Å². The number of amides is 3. The number of nitrogens with zero attached hydrogens (tertiary/aromatic N) is 1. The highest BCUT2D eigenvalue weighted by Crippen LogP contribution is 2.24. The summed E-state index contributed by atoms with van der Waals surface area (Å²) in [7, 11) is 0. The number of carbonyl (C=O) groups excluding carboxylic acids is 2. The molecule has 1 aromatic rings. The first-order chi connectivity index (χ1) is 7.79. The predicted molar refractivity (Wildman–Crippen MR) is 61.4 cm³/mol. The van der Waals surface area contributed by atoms with Gasteiger partial charge in [0.05, 0.1) is 6.54 Å². The van der Waals surface area contributed by atoms with Crippen LogP contribution in [0.5, 0.6) is 0 Å². The minimum absolute atomic E-state index is 0.184. The van der Waals surface area contributed by atoms with Crippen LogP contribution in [0.4, 0.5) is 10.6 Å². The van der Waals surface area contributed by atoms with E-state index in [2.05, 4.69) is 15.8 Å². The van der Waals surface area contributed by atoms with Gasteiger partial charge in [-0.2, -0.15) is 0 Å². The summed E-state index contributed by atoms with van der Waals surface area (Å²) in [6.07, 6.45) is 0. The van der Waals surface area contributed by atoms with Gasteiger partial charge in [0.2, 0.25) is 5.91 Å². The van der Waals surface area contributed by atoms with E-state index in [0.717, 1.165) is 0 Å². The molecule has 4 N–H and O–H groups in total. The lowest BCUT2D eigenvalue weighted by Crippen LogP contribution is -2.36. The lowest BCUT2D eigenvalue weighted by atomic mass is 9.93. The molecule has 0 bridgehead atoms.